The second-order valence-electron chi connectivity index (χ2n) is 7.11. The number of amides is 2. The number of carbonyl (C=O) groups is 2. The van der Waals surface area contributed by atoms with Gasteiger partial charge < -0.3 is 24.8 Å². The van der Waals surface area contributed by atoms with Crippen LogP contribution in [0.1, 0.15) is 5.56 Å². The van der Waals surface area contributed by atoms with Crippen LogP contribution >= 0.6 is 11.6 Å². The maximum Gasteiger partial charge on any atom is 0.266 e. The third-order valence-corrected chi connectivity index (χ3v) is 4.91. The zero-order valence-electron chi connectivity index (χ0n) is 19.0. The van der Waals surface area contributed by atoms with Crippen molar-refractivity contribution in [3.05, 3.63) is 82.9 Å². The van der Waals surface area contributed by atoms with Crippen LogP contribution in [0.3, 0.4) is 0 Å². The molecule has 0 heterocycles. The molecule has 2 N–H and O–H groups in total. The van der Waals surface area contributed by atoms with E-state index in [0.29, 0.717) is 39.2 Å². The van der Waals surface area contributed by atoms with Crippen LogP contribution in [0.5, 0.6) is 17.2 Å². The molecule has 0 bridgehead atoms. The first-order valence-electron chi connectivity index (χ1n) is 10.4. The average molecular weight is 492 g/mol. The molecular formula is C26H22ClN3O5. The third kappa shape index (κ3) is 7.25. The van der Waals surface area contributed by atoms with Crippen molar-refractivity contribution in [2.45, 2.75) is 0 Å². The molecule has 0 aromatic heterocycles. The largest absolute Gasteiger partial charge is 0.497 e. The fourth-order valence-electron chi connectivity index (χ4n) is 2.99. The molecule has 0 aliphatic rings. The molecule has 0 fully saturated rings. The minimum Gasteiger partial charge on any atom is -0.497 e. The fourth-order valence-corrected chi connectivity index (χ4v) is 3.18. The van der Waals surface area contributed by atoms with Crippen LogP contribution in [-0.4, -0.2) is 32.6 Å². The van der Waals surface area contributed by atoms with E-state index in [9.17, 15) is 14.9 Å². The van der Waals surface area contributed by atoms with Crippen molar-refractivity contribution in [3.8, 4) is 23.3 Å². The lowest BCUT2D eigenvalue weighted by atomic mass is 10.1. The first-order chi connectivity index (χ1) is 16.9. The van der Waals surface area contributed by atoms with Gasteiger partial charge in [-0.2, -0.15) is 5.26 Å². The molecule has 3 rings (SSSR count). The van der Waals surface area contributed by atoms with Gasteiger partial charge in [-0.3, -0.25) is 9.59 Å². The Hall–Kier alpha value is -4.48. The Morgan fingerprint density at radius 3 is 2.37 bits per heavy atom. The predicted octanol–water partition coefficient (Wildman–Crippen LogP) is 4.92. The van der Waals surface area contributed by atoms with Crippen LogP contribution in [0.4, 0.5) is 11.4 Å². The number of anilines is 2. The van der Waals surface area contributed by atoms with Gasteiger partial charge in [-0.05, 0) is 66.2 Å². The van der Waals surface area contributed by atoms with Crippen molar-refractivity contribution >= 4 is 40.9 Å². The van der Waals surface area contributed by atoms with Gasteiger partial charge in [0.05, 0.1) is 14.2 Å². The van der Waals surface area contributed by atoms with Crippen LogP contribution in [-0.2, 0) is 9.59 Å². The summed E-state index contributed by atoms with van der Waals surface area (Å²) in [6.45, 7) is -0.247. The molecule has 3 aromatic rings. The second-order valence-corrected chi connectivity index (χ2v) is 7.55. The van der Waals surface area contributed by atoms with Gasteiger partial charge in [0.15, 0.2) is 18.1 Å². The first-order valence-corrected chi connectivity index (χ1v) is 10.7. The maximum atomic E-state index is 12.5. The molecule has 0 atom stereocenters. The molecule has 0 spiro atoms. The number of carbonyl (C=O) groups excluding carboxylic acids is 2. The van der Waals surface area contributed by atoms with E-state index in [1.165, 1.54) is 13.2 Å². The molecule has 3 aromatic carbocycles. The standard InChI is InChI=1S/C26H22ClN3O5/c1-33-22-9-7-20(8-10-22)29-25(31)16-35-23-11-6-17(13-24(23)34-2)12-18(15-28)26(32)30-21-5-3-4-19(27)14-21/h3-14H,16H2,1-2H3,(H,29,31)(H,30,32)/b18-12-. The van der Waals surface area contributed by atoms with E-state index >= 15 is 0 Å². The summed E-state index contributed by atoms with van der Waals surface area (Å²) in [7, 11) is 3.01. The minimum atomic E-state index is -0.579. The SMILES string of the molecule is COc1ccc(NC(=O)COc2ccc(/C=C(/C#N)C(=O)Nc3cccc(Cl)c3)cc2OC)cc1. The van der Waals surface area contributed by atoms with E-state index in [0.717, 1.165) is 0 Å². The minimum absolute atomic E-state index is 0.112. The van der Waals surface area contributed by atoms with E-state index in [1.807, 2.05) is 6.07 Å². The summed E-state index contributed by atoms with van der Waals surface area (Å²) in [6.07, 6.45) is 1.42. The average Bonchev–Trinajstić information content (AvgIpc) is 2.86. The highest BCUT2D eigenvalue weighted by atomic mass is 35.5. The Labute approximate surface area is 207 Å². The third-order valence-electron chi connectivity index (χ3n) is 4.68. The topological polar surface area (TPSA) is 110 Å². The number of hydrogen-bond donors (Lipinski definition) is 2. The zero-order chi connectivity index (χ0) is 25.2. The Morgan fingerprint density at radius 1 is 0.943 bits per heavy atom. The number of methoxy groups -OCH3 is 2. The highest BCUT2D eigenvalue weighted by molar-refractivity contribution is 6.31. The van der Waals surface area contributed by atoms with Crippen molar-refractivity contribution in [3.63, 3.8) is 0 Å². The lowest BCUT2D eigenvalue weighted by Gasteiger charge is -2.12. The van der Waals surface area contributed by atoms with Gasteiger partial charge in [0.25, 0.3) is 11.8 Å². The number of rotatable bonds is 9. The summed E-state index contributed by atoms with van der Waals surface area (Å²) in [5.74, 6) is 0.412. The van der Waals surface area contributed by atoms with Gasteiger partial charge in [-0.1, -0.05) is 23.7 Å². The summed E-state index contributed by atoms with van der Waals surface area (Å²) in [5.41, 5.74) is 1.50. The molecule has 2 amide bonds. The summed E-state index contributed by atoms with van der Waals surface area (Å²) in [5, 5.41) is 15.3. The van der Waals surface area contributed by atoms with Gasteiger partial charge in [0, 0.05) is 16.4 Å². The number of ether oxygens (including phenoxy) is 3. The Balaban J connectivity index is 1.66. The molecule has 0 unspecified atom stereocenters. The van der Waals surface area contributed by atoms with Gasteiger partial charge in [0.2, 0.25) is 0 Å². The van der Waals surface area contributed by atoms with E-state index in [4.69, 9.17) is 25.8 Å². The molecule has 0 aliphatic heterocycles. The smallest absolute Gasteiger partial charge is 0.266 e. The van der Waals surface area contributed by atoms with Gasteiger partial charge in [-0.15, -0.1) is 0 Å². The van der Waals surface area contributed by atoms with Crippen molar-refractivity contribution in [2.24, 2.45) is 0 Å². The number of nitrogens with one attached hydrogen (secondary N) is 2. The Morgan fingerprint density at radius 2 is 1.71 bits per heavy atom. The highest BCUT2D eigenvalue weighted by Crippen LogP contribution is 2.29. The fraction of sp³-hybridized carbons (Fsp3) is 0.115. The van der Waals surface area contributed by atoms with Crippen molar-refractivity contribution in [1.82, 2.24) is 0 Å². The zero-order valence-corrected chi connectivity index (χ0v) is 19.8. The van der Waals surface area contributed by atoms with Gasteiger partial charge in [0.1, 0.15) is 17.4 Å². The number of halogens is 1. The van der Waals surface area contributed by atoms with Crippen LogP contribution in [0.2, 0.25) is 5.02 Å². The predicted molar refractivity (Wildman–Crippen MR) is 134 cm³/mol. The lowest BCUT2D eigenvalue weighted by molar-refractivity contribution is -0.118. The molecule has 0 saturated carbocycles. The number of hydrogen-bond acceptors (Lipinski definition) is 6. The Kier molecular flexibility index (Phi) is 8.70. The summed E-state index contributed by atoms with van der Waals surface area (Å²) >= 11 is 5.93. The van der Waals surface area contributed by atoms with Crippen LogP contribution in [0.25, 0.3) is 6.08 Å². The summed E-state index contributed by atoms with van der Waals surface area (Å²) < 4.78 is 16.0. The Bertz CT molecular complexity index is 1280. The quantitative estimate of drug-likeness (QED) is 0.325. The van der Waals surface area contributed by atoms with Crippen molar-refractivity contribution in [1.29, 1.82) is 5.26 Å². The molecule has 9 heteroatoms. The second kappa shape index (κ2) is 12.1. The number of nitriles is 1. The van der Waals surface area contributed by atoms with E-state index in [-0.39, 0.29) is 18.1 Å². The highest BCUT2D eigenvalue weighted by Gasteiger charge is 2.12. The van der Waals surface area contributed by atoms with E-state index < -0.39 is 5.91 Å². The van der Waals surface area contributed by atoms with E-state index in [1.54, 1.807) is 73.8 Å². The molecule has 0 aliphatic carbocycles. The molecular weight excluding hydrogens is 470 g/mol. The molecule has 35 heavy (non-hydrogen) atoms. The normalized spacial score (nSPS) is 10.6. The van der Waals surface area contributed by atoms with Crippen molar-refractivity contribution < 1.29 is 23.8 Å². The maximum absolute atomic E-state index is 12.5. The molecule has 178 valence electrons. The molecule has 0 radical (unpaired) electrons. The van der Waals surface area contributed by atoms with Crippen LogP contribution in [0.15, 0.2) is 72.3 Å². The van der Waals surface area contributed by atoms with Crippen LogP contribution < -0.4 is 24.8 Å². The number of benzene rings is 3. The monoisotopic (exact) mass is 491 g/mol. The van der Waals surface area contributed by atoms with E-state index in [2.05, 4.69) is 10.6 Å². The van der Waals surface area contributed by atoms with Crippen LogP contribution in [0, 0.1) is 11.3 Å². The number of nitrogens with zero attached hydrogens (tertiary/aromatic N) is 1. The first kappa shape index (κ1) is 25.1. The summed E-state index contributed by atoms with van der Waals surface area (Å²) in [6, 6.07) is 20.2. The molecule has 0 saturated heterocycles. The lowest BCUT2D eigenvalue weighted by Crippen LogP contribution is -2.20. The summed E-state index contributed by atoms with van der Waals surface area (Å²) in [4.78, 5) is 24.7. The van der Waals surface area contributed by atoms with Crippen molar-refractivity contribution in [2.75, 3.05) is 31.5 Å². The van der Waals surface area contributed by atoms with Gasteiger partial charge in [-0.25, -0.2) is 0 Å². The molecule has 8 nitrogen and oxygen atoms in total. The van der Waals surface area contributed by atoms with Gasteiger partial charge >= 0.3 is 0 Å².